The Morgan fingerprint density at radius 3 is 2.00 bits per heavy atom. The number of allylic oxidation sites excluding steroid dienone is 1. The first-order valence-electron chi connectivity index (χ1n) is 11.7. The van der Waals surface area contributed by atoms with Gasteiger partial charge in [-0.1, -0.05) is 131 Å². The fourth-order valence-electron chi connectivity index (χ4n) is 5.42. The van der Waals surface area contributed by atoms with E-state index in [-0.39, 0.29) is 0 Å². The highest BCUT2D eigenvalue weighted by molar-refractivity contribution is 8.02. The summed E-state index contributed by atoms with van der Waals surface area (Å²) in [6.07, 6.45) is 18.8. The zero-order valence-corrected chi connectivity index (χ0v) is 18.5. The van der Waals surface area contributed by atoms with E-state index in [0.29, 0.717) is 0 Å². The first-order valence-corrected chi connectivity index (χ1v) is 12.6. The summed E-state index contributed by atoms with van der Waals surface area (Å²) < 4.78 is 0. The van der Waals surface area contributed by atoms with Gasteiger partial charge >= 0.3 is 0 Å². The lowest BCUT2D eigenvalue weighted by Crippen LogP contribution is -2.32. The number of hydrogen-bond acceptors (Lipinski definition) is 1. The smallest absolute Gasteiger partial charge is 0.0990 e. The molecule has 0 bridgehead atoms. The summed E-state index contributed by atoms with van der Waals surface area (Å²) in [5.74, 6) is 1.92. The van der Waals surface area contributed by atoms with Gasteiger partial charge < -0.3 is 0 Å². The minimum absolute atomic E-state index is 0.870. The number of benzene rings is 1. The van der Waals surface area contributed by atoms with Gasteiger partial charge in [-0.25, -0.2) is 0 Å². The summed E-state index contributed by atoms with van der Waals surface area (Å²) in [4.78, 5) is 1.40. The van der Waals surface area contributed by atoms with Crippen LogP contribution < -0.4 is 0 Å². The number of aryl methyl sites for hydroxylation is 1. The van der Waals surface area contributed by atoms with Gasteiger partial charge in [-0.05, 0) is 30.9 Å². The topological polar surface area (TPSA) is 0 Å². The second kappa shape index (κ2) is 11.4. The highest BCUT2D eigenvalue weighted by atomic mass is 32.2. The molecule has 2 aliphatic carbocycles. The maximum Gasteiger partial charge on any atom is 0.177 e. The van der Waals surface area contributed by atoms with Gasteiger partial charge in [0.25, 0.3) is 0 Å². The van der Waals surface area contributed by atoms with E-state index in [0.717, 1.165) is 18.3 Å². The van der Waals surface area contributed by atoms with Crippen molar-refractivity contribution < 1.29 is 0 Å². The van der Waals surface area contributed by atoms with Crippen molar-refractivity contribution in [3.05, 3.63) is 40.7 Å². The molecule has 0 aliphatic heterocycles. The van der Waals surface area contributed by atoms with Crippen molar-refractivity contribution in [2.75, 3.05) is 0 Å². The molecule has 3 rings (SSSR count). The Bertz CT molecular complexity index is 546. The maximum atomic E-state index is 2.59. The van der Waals surface area contributed by atoms with E-state index in [4.69, 9.17) is 0 Å². The van der Waals surface area contributed by atoms with Gasteiger partial charge in [0.2, 0.25) is 0 Å². The molecule has 0 radical (unpaired) electrons. The Labute approximate surface area is 173 Å². The Morgan fingerprint density at radius 2 is 1.48 bits per heavy atom. The van der Waals surface area contributed by atoms with Crippen molar-refractivity contribution in [2.45, 2.75) is 114 Å². The first-order chi connectivity index (χ1) is 13.3. The molecule has 0 nitrogen and oxygen atoms in total. The lowest BCUT2D eigenvalue weighted by atomic mass is 9.27. The molecular weight excluding hydrogens is 343 g/mol. The van der Waals surface area contributed by atoms with Crippen LogP contribution >= 0.6 is 11.8 Å². The van der Waals surface area contributed by atoms with E-state index in [1.165, 1.54) is 93.9 Å². The van der Waals surface area contributed by atoms with Crippen molar-refractivity contribution in [2.24, 2.45) is 0 Å². The normalized spacial score (nSPS) is 20.0. The summed E-state index contributed by atoms with van der Waals surface area (Å²) in [5.41, 5.74) is 3.16. The minimum Gasteiger partial charge on any atom is -0.0990 e. The Balaban J connectivity index is 1.81. The third-order valence-corrected chi connectivity index (χ3v) is 7.89. The highest BCUT2D eigenvalue weighted by Gasteiger charge is 2.36. The zero-order chi connectivity index (χ0) is 18.9. The largest absolute Gasteiger partial charge is 0.177 e. The van der Waals surface area contributed by atoms with E-state index < -0.39 is 0 Å². The Kier molecular flexibility index (Phi) is 8.90. The molecule has 2 aliphatic rings. The number of unbranched alkanes of at least 4 members (excludes halogenated alkanes) is 1. The zero-order valence-electron chi connectivity index (χ0n) is 17.7. The maximum absolute atomic E-state index is 2.59. The third-order valence-electron chi connectivity index (χ3n) is 6.93. The molecule has 1 aromatic rings. The molecule has 0 saturated heterocycles. The van der Waals surface area contributed by atoms with E-state index in [9.17, 15) is 0 Å². The van der Waals surface area contributed by atoms with Crippen molar-refractivity contribution in [1.82, 2.24) is 0 Å². The van der Waals surface area contributed by atoms with Crippen LogP contribution in [0.5, 0.6) is 0 Å². The van der Waals surface area contributed by atoms with Gasteiger partial charge in [0, 0.05) is 4.90 Å². The summed E-state index contributed by atoms with van der Waals surface area (Å²) in [5, 5.41) is 2.59. The minimum atomic E-state index is 0.870. The molecule has 0 heterocycles. The molecule has 0 aromatic heterocycles. The van der Waals surface area contributed by atoms with Crippen molar-refractivity contribution in [3.63, 3.8) is 0 Å². The second-order valence-corrected chi connectivity index (χ2v) is 9.99. The number of hydrogen-bond donors (Lipinski definition) is 0. The fraction of sp³-hybridized carbons (Fsp3) is 0.680. The number of thioether (sulfide) groups is 1. The van der Waals surface area contributed by atoms with Crippen LogP contribution in [0.4, 0.5) is 0 Å². The molecule has 0 unspecified atom stereocenters. The molecule has 2 heteroatoms. The lowest BCUT2D eigenvalue weighted by molar-refractivity contribution is 0.462. The van der Waals surface area contributed by atoms with E-state index in [2.05, 4.69) is 43.5 Å². The van der Waals surface area contributed by atoms with Gasteiger partial charge in [-0.15, -0.1) is 0 Å². The summed E-state index contributed by atoms with van der Waals surface area (Å²) in [7, 11) is 0. The standard InChI is InChI=1S/C25H39BS/c1-3-4-11-24(20-27-25-18-16-21(2)17-19-25)26(22-12-7-5-8-13-22)23-14-9-6-10-15-23/h16-20,22-23H,3-15H2,1-2H3/b24-20+. The fourth-order valence-corrected chi connectivity index (χ4v) is 6.28. The van der Waals surface area contributed by atoms with Crippen LogP contribution in [0, 0.1) is 6.92 Å². The molecule has 148 valence electrons. The lowest BCUT2D eigenvalue weighted by Gasteiger charge is -2.37. The predicted molar refractivity (Wildman–Crippen MR) is 124 cm³/mol. The van der Waals surface area contributed by atoms with Crippen LogP contribution in [-0.4, -0.2) is 6.71 Å². The van der Waals surface area contributed by atoms with Crippen LogP contribution in [0.3, 0.4) is 0 Å². The molecule has 0 spiro atoms. The van der Waals surface area contributed by atoms with Crippen LogP contribution in [0.2, 0.25) is 11.6 Å². The van der Waals surface area contributed by atoms with Crippen molar-refractivity contribution >= 4 is 18.5 Å². The highest BCUT2D eigenvalue weighted by Crippen LogP contribution is 2.45. The Morgan fingerprint density at radius 1 is 0.926 bits per heavy atom. The van der Waals surface area contributed by atoms with E-state index in [1.54, 1.807) is 5.47 Å². The van der Waals surface area contributed by atoms with Gasteiger partial charge in [-0.2, -0.15) is 0 Å². The summed E-state index contributed by atoms with van der Waals surface area (Å²) in [6, 6.07) is 9.09. The van der Waals surface area contributed by atoms with Crippen molar-refractivity contribution in [3.8, 4) is 0 Å². The second-order valence-electron chi connectivity index (χ2n) is 9.05. The monoisotopic (exact) mass is 382 g/mol. The van der Waals surface area contributed by atoms with E-state index >= 15 is 0 Å². The van der Waals surface area contributed by atoms with Gasteiger partial charge in [-0.3, -0.25) is 0 Å². The molecule has 0 N–H and O–H groups in total. The molecule has 0 atom stereocenters. The molecule has 27 heavy (non-hydrogen) atoms. The first kappa shape index (κ1) is 21.1. The summed E-state index contributed by atoms with van der Waals surface area (Å²) >= 11 is 1.98. The molecule has 1 aromatic carbocycles. The molecule has 2 saturated carbocycles. The van der Waals surface area contributed by atoms with Gasteiger partial charge in [0.1, 0.15) is 0 Å². The average molecular weight is 382 g/mol. The SMILES string of the molecule is CCCC/C(=C\Sc1ccc(C)cc1)B(C1CCCCC1)C1CCCCC1. The Hall–Kier alpha value is -0.625. The van der Waals surface area contributed by atoms with Crippen molar-refractivity contribution in [1.29, 1.82) is 0 Å². The van der Waals surface area contributed by atoms with Crippen LogP contribution in [-0.2, 0) is 0 Å². The van der Waals surface area contributed by atoms with Gasteiger partial charge in [0.05, 0.1) is 0 Å². The van der Waals surface area contributed by atoms with Crippen LogP contribution in [0.1, 0.15) is 96.0 Å². The summed E-state index contributed by atoms with van der Waals surface area (Å²) in [6.45, 7) is 5.40. The van der Waals surface area contributed by atoms with Crippen LogP contribution in [0.25, 0.3) is 0 Å². The molecular formula is C25H39BS. The van der Waals surface area contributed by atoms with Crippen LogP contribution in [0.15, 0.2) is 40.0 Å². The number of rotatable bonds is 8. The van der Waals surface area contributed by atoms with Gasteiger partial charge in [0.15, 0.2) is 6.71 Å². The molecule has 2 fully saturated rings. The average Bonchev–Trinajstić information content (AvgIpc) is 2.72. The quantitative estimate of drug-likeness (QED) is 0.319. The van der Waals surface area contributed by atoms with E-state index in [1.807, 2.05) is 11.8 Å². The molecule has 0 amide bonds. The third kappa shape index (κ3) is 6.45. The predicted octanol–water partition coefficient (Wildman–Crippen LogP) is 8.86.